The third kappa shape index (κ3) is 1.03. The van der Waals surface area contributed by atoms with Crippen LogP contribution < -0.4 is 5.69 Å². The first-order valence-electron chi connectivity index (χ1n) is 3.70. The summed E-state index contributed by atoms with van der Waals surface area (Å²) < 4.78 is 1.48. The van der Waals surface area contributed by atoms with E-state index in [0.717, 1.165) is 5.82 Å². The van der Waals surface area contributed by atoms with Gasteiger partial charge in [-0.1, -0.05) is 0 Å². The average molecular weight is 164 g/mol. The molecule has 0 aromatic carbocycles. The number of nitrogens with zero attached hydrogens (tertiary/aromatic N) is 4. The maximum atomic E-state index is 11.2. The number of rotatable bonds is 0. The van der Waals surface area contributed by atoms with Crippen LogP contribution in [0.2, 0.25) is 0 Å². The van der Waals surface area contributed by atoms with Crippen LogP contribution in [-0.2, 0) is 13.1 Å². The normalized spacial score (nSPS) is 14.4. The standard InChI is InChI=1S/C7H8N4O/c1-5-9-6-2-3-8-4-11(6)7(12)10-5/h3H,2,4H2,1H3. The van der Waals surface area contributed by atoms with Crippen molar-refractivity contribution in [3.63, 3.8) is 0 Å². The van der Waals surface area contributed by atoms with Crippen molar-refractivity contribution in [2.24, 2.45) is 4.99 Å². The maximum absolute atomic E-state index is 11.2. The average Bonchev–Trinajstić information content (AvgIpc) is 2.04. The van der Waals surface area contributed by atoms with Crippen molar-refractivity contribution < 1.29 is 0 Å². The lowest BCUT2D eigenvalue weighted by Gasteiger charge is -2.10. The third-order valence-electron chi connectivity index (χ3n) is 1.72. The quantitative estimate of drug-likeness (QED) is 0.521. The van der Waals surface area contributed by atoms with Gasteiger partial charge in [0.2, 0.25) is 0 Å². The van der Waals surface area contributed by atoms with Crippen molar-refractivity contribution in [3.05, 3.63) is 22.1 Å². The number of aliphatic imine (C=N–C) groups is 1. The molecule has 1 aliphatic heterocycles. The summed E-state index contributed by atoms with van der Waals surface area (Å²) in [6, 6.07) is 0. The Morgan fingerprint density at radius 3 is 3.17 bits per heavy atom. The van der Waals surface area contributed by atoms with E-state index in [2.05, 4.69) is 15.0 Å². The van der Waals surface area contributed by atoms with Crippen LogP contribution in [0, 0.1) is 6.92 Å². The van der Waals surface area contributed by atoms with Crippen molar-refractivity contribution in [2.45, 2.75) is 20.0 Å². The zero-order valence-electron chi connectivity index (χ0n) is 6.69. The Balaban J connectivity index is 2.65. The molecule has 1 aromatic heterocycles. The topological polar surface area (TPSA) is 60.1 Å². The lowest BCUT2D eigenvalue weighted by molar-refractivity contribution is 0.599. The minimum absolute atomic E-state index is 0.255. The Labute approximate surface area is 68.8 Å². The smallest absolute Gasteiger partial charge is 0.275 e. The Morgan fingerprint density at radius 2 is 2.33 bits per heavy atom. The Hall–Kier alpha value is -1.52. The largest absolute Gasteiger partial charge is 0.352 e. The Morgan fingerprint density at radius 1 is 1.50 bits per heavy atom. The number of aryl methyl sites for hydroxylation is 1. The molecular weight excluding hydrogens is 156 g/mol. The van der Waals surface area contributed by atoms with Crippen LogP contribution in [0.1, 0.15) is 11.6 Å². The van der Waals surface area contributed by atoms with Crippen LogP contribution in [-0.4, -0.2) is 20.7 Å². The van der Waals surface area contributed by atoms with Gasteiger partial charge in [0.05, 0.1) is 0 Å². The highest BCUT2D eigenvalue weighted by molar-refractivity contribution is 5.60. The molecule has 0 radical (unpaired) electrons. The molecular formula is C7H8N4O. The van der Waals surface area contributed by atoms with Gasteiger partial charge < -0.3 is 0 Å². The zero-order chi connectivity index (χ0) is 8.55. The molecule has 0 unspecified atom stereocenters. The predicted octanol–water partition coefficient (Wildman–Crippen LogP) is -0.469. The molecule has 5 heteroatoms. The van der Waals surface area contributed by atoms with Crippen LogP contribution >= 0.6 is 0 Å². The molecule has 0 amide bonds. The van der Waals surface area contributed by atoms with Crippen molar-refractivity contribution >= 4 is 6.21 Å². The van der Waals surface area contributed by atoms with E-state index in [4.69, 9.17) is 0 Å². The molecule has 0 aliphatic carbocycles. The van der Waals surface area contributed by atoms with E-state index in [-0.39, 0.29) is 5.69 Å². The molecule has 2 rings (SSSR count). The summed E-state index contributed by atoms with van der Waals surface area (Å²) >= 11 is 0. The van der Waals surface area contributed by atoms with Crippen LogP contribution in [0.4, 0.5) is 0 Å². The van der Waals surface area contributed by atoms with Gasteiger partial charge in [-0.25, -0.2) is 9.78 Å². The molecule has 12 heavy (non-hydrogen) atoms. The first-order valence-corrected chi connectivity index (χ1v) is 3.70. The van der Waals surface area contributed by atoms with Gasteiger partial charge in [0.25, 0.3) is 0 Å². The van der Waals surface area contributed by atoms with Gasteiger partial charge in [-0.3, -0.25) is 9.56 Å². The molecule has 0 N–H and O–H groups in total. The molecule has 0 atom stereocenters. The van der Waals surface area contributed by atoms with Crippen molar-refractivity contribution in [1.82, 2.24) is 14.5 Å². The van der Waals surface area contributed by atoms with Gasteiger partial charge in [-0.2, -0.15) is 4.98 Å². The summed E-state index contributed by atoms with van der Waals surface area (Å²) in [5, 5.41) is 0. The fourth-order valence-corrected chi connectivity index (χ4v) is 1.16. The molecule has 0 spiro atoms. The molecule has 62 valence electrons. The lowest BCUT2D eigenvalue weighted by Crippen LogP contribution is -2.30. The van der Waals surface area contributed by atoms with Gasteiger partial charge in [0.1, 0.15) is 18.3 Å². The first kappa shape index (κ1) is 7.15. The summed E-state index contributed by atoms with van der Waals surface area (Å²) in [5.74, 6) is 1.28. The fraction of sp³-hybridized carbons (Fsp3) is 0.429. The highest BCUT2D eigenvalue weighted by atomic mass is 16.1. The lowest BCUT2D eigenvalue weighted by atomic mass is 10.4. The van der Waals surface area contributed by atoms with E-state index in [9.17, 15) is 4.79 Å². The monoisotopic (exact) mass is 164 g/mol. The van der Waals surface area contributed by atoms with Crippen molar-refractivity contribution in [1.29, 1.82) is 0 Å². The van der Waals surface area contributed by atoms with Gasteiger partial charge in [-0.15, -0.1) is 0 Å². The van der Waals surface area contributed by atoms with E-state index >= 15 is 0 Å². The Bertz CT molecular complexity index is 393. The molecule has 0 fully saturated rings. The fourth-order valence-electron chi connectivity index (χ4n) is 1.16. The van der Waals surface area contributed by atoms with Gasteiger partial charge in [0, 0.05) is 12.6 Å². The van der Waals surface area contributed by atoms with Crippen LogP contribution in [0.5, 0.6) is 0 Å². The predicted molar refractivity (Wildman–Crippen MR) is 43.2 cm³/mol. The number of hydrogen-bond donors (Lipinski definition) is 0. The van der Waals surface area contributed by atoms with E-state index < -0.39 is 0 Å². The number of aromatic nitrogens is 3. The maximum Gasteiger partial charge on any atom is 0.352 e. The minimum atomic E-state index is -0.255. The van der Waals surface area contributed by atoms with E-state index in [1.165, 1.54) is 4.57 Å². The molecule has 0 saturated heterocycles. The highest BCUT2D eigenvalue weighted by Gasteiger charge is 2.08. The summed E-state index contributed by atoms with van der Waals surface area (Å²) in [5.41, 5.74) is -0.255. The summed E-state index contributed by atoms with van der Waals surface area (Å²) in [7, 11) is 0. The highest BCUT2D eigenvalue weighted by Crippen LogP contribution is 1.98. The second-order valence-electron chi connectivity index (χ2n) is 2.61. The molecule has 0 bridgehead atoms. The van der Waals surface area contributed by atoms with Crippen LogP contribution in [0.3, 0.4) is 0 Å². The molecule has 2 heterocycles. The van der Waals surface area contributed by atoms with E-state index in [1.807, 2.05) is 0 Å². The van der Waals surface area contributed by atoms with E-state index in [1.54, 1.807) is 13.1 Å². The Kier molecular flexibility index (Phi) is 1.49. The second kappa shape index (κ2) is 2.51. The van der Waals surface area contributed by atoms with Gasteiger partial charge >= 0.3 is 5.69 Å². The molecule has 0 saturated carbocycles. The van der Waals surface area contributed by atoms with Crippen molar-refractivity contribution in [3.8, 4) is 0 Å². The van der Waals surface area contributed by atoms with Gasteiger partial charge in [0.15, 0.2) is 0 Å². The summed E-state index contributed by atoms with van der Waals surface area (Å²) in [4.78, 5) is 23.0. The van der Waals surface area contributed by atoms with Gasteiger partial charge in [-0.05, 0) is 6.92 Å². The minimum Gasteiger partial charge on any atom is -0.275 e. The summed E-state index contributed by atoms with van der Waals surface area (Å²) in [6.45, 7) is 2.07. The SMILES string of the molecule is Cc1nc2n(c(=O)n1)CN=CC2. The van der Waals surface area contributed by atoms with Crippen LogP contribution in [0.15, 0.2) is 9.79 Å². The first-order chi connectivity index (χ1) is 5.77. The third-order valence-corrected chi connectivity index (χ3v) is 1.72. The number of hydrogen-bond acceptors (Lipinski definition) is 4. The van der Waals surface area contributed by atoms with Crippen molar-refractivity contribution in [2.75, 3.05) is 0 Å². The second-order valence-corrected chi connectivity index (χ2v) is 2.61. The zero-order valence-corrected chi connectivity index (χ0v) is 6.69. The number of fused-ring (bicyclic) bond motifs is 1. The summed E-state index contributed by atoms with van der Waals surface area (Å²) in [6.07, 6.45) is 2.39. The molecule has 1 aromatic rings. The van der Waals surface area contributed by atoms with E-state index in [0.29, 0.717) is 18.9 Å². The molecule has 5 nitrogen and oxygen atoms in total. The van der Waals surface area contributed by atoms with Crippen LogP contribution in [0.25, 0.3) is 0 Å². The molecule has 1 aliphatic rings.